The van der Waals surface area contributed by atoms with E-state index in [1.165, 1.54) is 44.9 Å². The Balaban J connectivity index is 3.57. The molecule has 0 aliphatic rings. The van der Waals surface area contributed by atoms with Gasteiger partial charge in [-0.2, -0.15) is 8.42 Å². The van der Waals surface area contributed by atoms with Gasteiger partial charge in [-0.05, 0) is 33.1 Å². The summed E-state index contributed by atoms with van der Waals surface area (Å²) in [6.45, 7) is 5.40. The molecule has 0 rings (SSSR count). The highest BCUT2D eigenvalue weighted by molar-refractivity contribution is 7.80. The normalized spacial score (nSPS) is 12.5. The third-order valence-corrected chi connectivity index (χ3v) is 4.79. The molecule has 0 saturated carbocycles. The first kappa shape index (κ1) is 23.5. The lowest BCUT2D eigenvalue weighted by molar-refractivity contribution is -0.119. The number of unbranched alkanes of at least 4 members (excludes halogenated alkanes) is 8. The van der Waals surface area contributed by atoms with E-state index in [1.807, 2.05) is 0 Å². The second-order valence-electron chi connectivity index (χ2n) is 7.24. The van der Waals surface area contributed by atoms with Gasteiger partial charge in [-0.15, -0.1) is 0 Å². The molecule has 0 heterocycles. The Morgan fingerprint density at radius 2 is 1.33 bits per heavy atom. The molecule has 0 saturated heterocycles. The van der Waals surface area contributed by atoms with Crippen LogP contribution in [-0.4, -0.2) is 24.4 Å². The molecular formula is C18H36O5S. The smallest absolute Gasteiger partial charge is 0.300 e. The van der Waals surface area contributed by atoms with Crippen molar-refractivity contribution < 1.29 is 21.9 Å². The fraction of sp³-hybridized carbons (Fsp3) is 0.944. The van der Waals surface area contributed by atoms with Crippen LogP contribution in [0.3, 0.4) is 0 Å². The summed E-state index contributed by atoms with van der Waals surface area (Å²) in [5.74, 6) is 0.223. The molecule has 1 N–H and O–H groups in total. The van der Waals surface area contributed by atoms with Crippen LogP contribution in [0.25, 0.3) is 0 Å². The molecule has 0 fully saturated rings. The van der Waals surface area contributed by atoms with Gasteiger partial charge in [-0.25, -0.2) is 4.18 Å². The van der Waals surface area contributed by atoms with Crippen LogP contribution < -0.4 is 0 Å². The maximum absolute atomic E-state index is 11.8. The number of hydrogen-bond donors (Lipinski definition) is 1. The van der Waals surface area contributed by atoms with Crippen molar-refractivity contribution >= 4 is 16.2 Å². The molecule has 0 aliphatic carbocycles. The van der Waals surface area contributed by atoms with Gasteiger partial charge in [0.1, 0.15) is 5.78 Å². The number of rotatable bonds is 16. The molecule has 0 radical (unpaired) electrons. The van der Waals surface area contributed by atoms with Crippen molar-refractivity contribution in [1.29, 1.82) is 0 Å². The fourth-order valence-corrected chi connectivity index (χ4v) is 3.45. The summed E-state index contributed by atoms with van der Waals surface area (Å²) < 4.78 is 34.7. The Hall–Kier alpha value is -0.460. The van der Waals surface area contributed by atoms with Crippen LogP contribution in [0.15, 0.2) is 0 Å². The minimum atomic E-state index is -4.45. The first-order chi connectivity index (χ1) is 11.2. The summed E-state index contributed by atoms with van der Waals surface area (Å²) in [6, 6.07) is 0. The van der Waals surface area contributed by atoms with Crippen molar-refractivity contribution in [2.45, 2.75) is 110 Å². The molecular weight excluding hydrogens is 328 g/mol. The van der Waals surface area contributed by atoms with Gasteiger partial charge in [-0.3, -0.25) is 9.35 Å². The molecule has 0 aromatic rings. The minimum Gasteiger partial charge on any atom is -0.300 e. The van der Waals surface area contributed by atoms with Crippen LogP contribution >= 0.6 is 0 Å². The maximum Gasteiger partial charge on any atom is 0.397 e. The van der Waals surface area contributed by atoms with Crippen molar-refractivity contribution in [3.63, 3.8) is 0 Å². The van der Waals surface area contributed by atoms with E-state index in [2.05, 4.69) is 11.1 Å². The molecule has 144 valence electrons. The summed E-state index contributed by atoms with van der Waals surface area (Å²) in [5.41, 5.74) is -0.981. The number of carbonyl (C=O) groups excluding carboxylic acids is 1. The van der Waals surface area contributed by atoms with Crippen LogP contribution in [0, 0.1) is 0 Å². The summed E-state index contributed by atoms with van der Waals surface area (Å²) in [4.78, 5) is 11.8. The number of Topliss-reactive ketones (excluding diaryl/α,β-unsaturated/α-hetero) is 1. The molecule has 24 heavy (non-hydrogen) atoms. The van der Waals surface area contributed by atoms with Gasteiger partial charge in [0.25, 0.3) is 0 Å². The molecule has 0 aliphatic heterocycles. The molecule has 0 unspecified atom stereocenters. The number of carbonyl (C=O) groups is 1. The predicted octanol–water partition coefficient (Wildman–Crippen LogP) is 5.24. The molecule has 0 amide bonds. The van der Waals surface area contributed by atoms with Crippen LogP contribution in [0.2, 0.25) is 0 Å². The van der Waals surface area contributed by atoms with Crippen molar-refractivity contribution in [3.05, 3.63) is 0 Å². The van der Waals surface area contributed by atoms with Crippen LogP contribution in [0.4, 0.5) is 0 Å². The second-order valence-corrected chi connectivity index (χ2v) is 8.26. The first-order valence-electron chi connectivity index (χ1n) is 9.36. The fourth-order valence-electron chi connectivity index (χ4n) is 2.80. The van der Waals surface area contributed by atoms with Gasteiger partial charge < -0.3 is 0 Å². The topological polar surface area (TPSA) is 80.7 Å². The molecule has 0 aromatic heterocycles. The Morgan fingerprint density at radius 1 is 0.875 bits per heavy atom. The quantitative estimate of drug-likeness (QED) is 0.299. The van der Waals surface area contributed by atoms with Gasteiger partial charge in [-0.1, -0.05) is 58.3 Å². The van der Waals surface area contributed by atoms with Crippen molar-refractivity contribution in [3.8, 4) is 0 Å². The monoisotopic (exact) mass is 364 g/mol. The van der Waals surface area contributed by atoms with Gasteiger partial charge >= 0.3 is 10.4 Å². The summed E-state index contributed by atoms with van der Waals surface area (Å²) in [5, 5.41) is 0. The highest BCUT2D eigenvalue weighted by atomic mass is 32.3. The SMILES string of the molecule is CCCCCCCCCCCC(=O)CCCC(C)(C)OS(=O)(=O)O. The average Bonchev–Trinajstić information content (AvgIpc) is 2.42. The first-order valence-corrected chi connectivity index (χ1v) is 10.7. The van der Waals surface area contributed by atoms with Gasteiger partial charge in [0, 0.05) is 12.8 Å². The molecule has 5 nitrogen and oxygen atoms in total. The van der Waals surface area contributed by atoms with E-state index in [0.29, 0.717) is 25.7 Å². The predicted molar refractivity (Wildman–Crippen MR) is 97.4 cm³/mol. The van der Waals surface area contributed by atoms with Gasteiger partial charge in [0.2, 0.25) is 0 Å². The van der Waals surface area contributed by atoms with E-state index in [4.69, 9.17) is 4.55 Å². The Kier molecular flexibility index (Phi) is 12.6. The molecule has 0 bridgehead atoms. The van der Waals surface area contributed by atoms with Crippen LogP contribution in [0.5, 0.6) is 0 Å². The van der Waals surface area contributed by atoms with E-state index in [0.717, 1.165) is 12.8 Å². The lowest BCUT2D eigenvalue weighted by Crippen LogP contribution is -2.27. The lowest BCUT2D eigenvalue weighted by atomic mass is 9.99. The molecule has 0 aromatic carbocycles. The Bertz CT molecular complexity index is 429. The maximum atomic E-state index is 11.8. The zero-order valence-electron chi connectivity index (χ0n) is 15.7. The number of hydrogen-bond acceptors (Lipinski definition) is 4. The van der Waals surface area contributed by atoms with Crippen molar-refractivity contribution in [2.24, 2.45) is 0 Å². The largest absolute Gasteiger partial charge is 0.397 e. The highest BCUT2D eigenvalue weighted by Crippen LogP contribution is 2.20. The number of ketones is 1. The van der Waals surface area contributed by atoms with E-state index in [-0.39, 0.29) is 5.78 Å². The highest BCUT2D eigenvalue weighted by Gasteiger charge is 2.25. The van der Waals surface area contributed by atoms with Crippen molar-refractivity contribution in [1.82, 2.24) is 0 Å². The van der Waals surface area contributed by atoms with Crippen LogP contribution in [-0.2, 0) is 19.4 Å². The third kappa shape index (κ3) is 16.4. The zero-order valence-corrected chi connectivity index (χ0v) is 16.5. The summed E-state index contributed by atoms with van der Waals surface area (Å²) in [7, 11) is -4.45. The van der Waals surface area contributed by atoms with Gasteiger partial charge in [0.05, 0.1) is 5.60 Å². The minimum absolute atomic E-state index is 0.223. The molecule has 0 spiro atoms. The molecule has 6 heteroatoms. The second kappa shape index (κ2) is 12.8. The lowest BCUT2D eigenvalue weighted by Gasteiger charge is -2.22. The molecule has 0 atom stereocenters. The Labute approximate surface area is 148 Å². The van der Waals surface area contributed by atoms with Crippen LogP contribution in [0.1, 0.15) is 104 Å². The average molecular weight is 365 g/mol. The van der Waals surface area contributed by atoms with Crippen molar-refractivity contribution in [2.75, 3.05) is 0 Å². The van der Waals surface area contributed by atoms with Gasteiger partial charge in [0.15, 0.2) is 0 Å². The Morgan fingerprint density at radius 3 is 1.83 bits per heavy atom. The zero-order chi connectivity index (χ0) is 18.5. The van der Waals surface area contributed by atoms with E-state index in [1.54, 1.807) is 13.8 Å². The summed E-state index contributed by atoms with van der Waals surface area (Å²) >= 11 is 0. The van der Waals surface area contributed by atoms with E-state index >= 15 is 0 Å². The summed E-state index contributed by atoms with van der Waals surface area (Å²) in [6.07, 6.45) is 13.1. The standard InChI is InChI=1S/C18H36O5S/c1-4-5-6-7-8-9-10-11-12-14-17(19)15-13-16-18(2,3)23-24(20,21)22/h4-16H2,1-3H3,(H,20,21,22). The van der Waals surface area contributed by atoms with E-state index < -0.39 is 16.0 Å². The van der Waals surface area contributed by atoms with E-state index in [9.17, 15) is 13.2 Å². The third-order valence-electron chi connectivity index (χ3n) is 4.12.